The first-order valence-corrected chi connectivity index (χ1v) is 14.9. The molecule has 47 heavy (non-hydrogen) atoms. The summed E-state index contributed by atoms with van der Waals surface area (Å²) in [6.45, 7) is 3.10. The number of nitrogens with zero attached hydrogens (tertiary/aromatic N) is 3. The zero-order valence-electron chi connectivity index (χ0n) is 25.5. The maximum atomic E-state index is 14.2. The second-order valence-electron chi connectivity index (χ2n) is 11.6. The summed E-state index contributed by atoms with van der Waals surface area (Å²) in [7, 11) is 0. The van der Waals surface area contributed by atoms with E-state index >= 15 is 0 Å². The molecule has 0 saturated carbocycles. The van der Waals surface area contributed by atoms with Gasteiger partial charge in [-0.3, -0.25) is 14.4 Å². The predicted molar refractivity (Wildman–Crippen MR) is 163 cm³/mol. The molecule has 3 atom stereocenters. The number of benzene rings is 3. The van der Waals surface area contributed by atoms with E-state index < -0.39 is 59.3 Å². The average Bonchev–Trinajstić information content (AvgIpc) is 3.65. The Morgan fingerprint density at radius 2 is 1.62 bits per heavy atom. The first-order valence-electron chi connectivity index (χ1n) is 14.9. The molecule has 0 aliphatic carbocycles. The van der Waals surface area contributed by atoms with E-state index in [1.165, 1.54) is 12.1 Å². The molecule has 2 N–H and O–H groups in total. The van der Waals surface area contributed by atoms with Gasteiger partial charge >= 0.3 is 12.2 Å². The van der Waals surface area contributed by atoms with E-state index in [9.17, 15) is 32.3 Å². The molecule has 1 aliphatic heterocycles. The van der Waals surface area contributed by atoms with Crippen LogP contribution in [0.4, 0.5) is 18.0 Å². The van der Waals surface area contributed by atoms with Crippen molar-refractivity contribution < 1.29 is 36.9 Å². The normalized spacial score (nSPS) is 15.3. The molecule has 13 heteroatoms. The minimum absolute atomic E-state index is 0.0919. The number of rotatable bonds is 12. The van der Waals surface area contributed by atoms with Gasteiger partial charge in [0.1, 0.15) is 6.04 Å². The topological polar surface area (TPSA) is 134 Å². The van der Waals surface area contributed by atoms with Gasteiger partial charge < -0.3 is 15.2 Å². The molecular formula is C34H32F3N5O5. The third-order valence-electron chi connectivity index (χ3n) is 7.88. The fourth-order valence-corrected chi connectivity index (χ4v) is 5.55. The molecule has 4 aromatic rings. The lowest BCUT2D eigenvalue weighted by molar-refractivity contribution is -0.137. The number of alkyl halides is 3. The molecule has 0 unspecified atom stereocenters. The predicted octanol–water partition coefficient (Wildman–Crippen LogP) is 4.95. The van der Waals surface area contributed by atoms with Crippen LogP contribution in [0.1, 0.15) is 58.5 Å². The van der Waals surface area contributed by atoms with Crippen molar-refractivity contribution in [2.45, 2.75) is 50.9 Å². The van der Waals surface area contributed by atoms with Gasteiger partial charge in [-0.1, -0.05) is 97.9 Å². The average molecular weight is 648 g/mol. The summed E-state index contributed by atoms with van der Waals surface area (Å²) in [6.07, 6.45) is -4.40. The molecule has 244 valence electrons. The number of halogens is 3. The summed E-state index contributed by atoms with van der Waals surface area (Å²) in [4.78, 5) is 58.9. The molecule has 10 nitrogen and oxygen atoms in total. The number of carbonyl (C=O) groups excluding carboxylic acids is 4. The van der Waals surface area contributed by atoms with Gasteiger partial charge in [0.15, 0.2) is 0 Å². The molecule has 4 amide bonds. The van der Waals surface area contributed by atoms with Gasteiger partial charge in [0.25, 0.3) is 5.91 Å². The Morgan fingerprint density at radius 3 is 2.23 bits per heavy atom. The van der Waals surface area contributed by atoms with Gasteiger partial charge in [-0.05, 0) is 35.1 Å². The first-order chi connectivity index (χ1) is 22.4. The van der Waals surface area contributed by atoms with Crippen LogP contribution in [-0.2, 0) is 28.6 Å². The number of hydrogen-bond acceptors (Lipinski definition) is 7. The van der Waals surface area contributed by atoms with Crippen molar-refractivity contribution in [3.63, 3.8) is 0 Å². The highest BCUT2D eigenvalue weighted by Gasteiger charge is 2.45. The van der Waals surface area contributed by atoms with Crippen molar-refractivity contribution in [3.8, 4) is 0 Å². The van der Waals surface area contributed by atoms with Crippen LogP contribution in [-0.4, -0.2) is 57.3 Å². The number of aromatic nitrogens is 2. The van der Waals surface area contributed by atoms with Crippen LogP contribution >= 0.6 is 0 Å². The standard InChI is InChI=1S/C34H32F3N5O5/c1-20(2)28(30(44)31-39-26(47-41-31)18-22-12-9-15-24(16-22)34(35,36)37)40-32(45)29(42-27(43)19-38-33(42)46)25(23-13-7-4-8-14-23)17-21-10-5-3-6-11-21/h3-16,20,25,28-29H,17-19H2,1-2H3,(H,38,46)(H,40,45)/t25-,28-,29-/m0/s1. The lowest BCUT2D eigenvalue weighted by atomic mass is 9.84. The molecule has 5 rings (SSSR count). The Bertz CT molecular complexity index is 1730. The Morgan fingerprint density at radius 1 is 0.957 bits per heavy atom. The number of hydrogen-bond donors (Lipinski definition) is 2. The van der Waals surface area contributed by atoms with E-state index in [1.54, 1.807) is 26.0 Å². The zero-order valence-corrected chi connectivity index (χ0v) is 25.5. The molecule has 0 radical (unpaired) electrons. The lowest BCUT2D eigenvalue weighted by Crippen LogP contribution is -2.57. The molecular weight excluding hydrogens is 615 g/mol. The van der Waals surface area contributed by atoms with Gasteiger partial charge in [-0.2, -0.15) is 18.2 Å². The fourth-order valence-electron chi connectivity index (χ4n) is 5.55. The van der Waals surface area contributed by atoms with E-state index in [4.69, 9.17) is 4.52 Å². The zero-order chi connectivity index (χ0) is 33.7. The second-order valence-corrected chi connectivity index (χ2v) is 11.6. The van der Waals surface area contributed by atoms with Crippen molar-refractivity contribution in [2.24, 2.45) is 5.92 Å². The number of imide groups is 1. The van der Waals surface area contributed by atoms with E-state index in [0.29, 0.717) is 12.0 Å². The van der Waals surface area contributed by atoms with Crippen LogP contribution in [0.3, 0.4) is 0 Å². The van der Waals surface area contributed by atoms with Crippen LogP contribution in [0.15, 0.2) is 89.5 Å². The second kappa shape index (κ2) is 14.0. The van der Waals surface area contributed by atoms with Crippen LogP contribution in [0.2, 0.25) is 0 Å². The van der Waals surface area contributed by atoms with Gasteiger partial charge in [0, 0.05) is 5.92 Å². The monoisotopic (exact) mass is 647 g/mol. The van der Waals surface area contributed by atoms with Crippen LogP contribution in [0.5, 0.6) is 0 Å². The Kier molecular flexibility index (Phi) is 9.83. The van der Waals surface area contributed by atoms with Crippen molar-refractivity contribution in [1.29, 1.82) is 0 Å². The number of nitrogens with one attached hydrogen (secondary N) is 2. The number of Topliss-reactive ketones (excluding diaryl/α,β-unsaturated/α-hetero) is 1. The summed E-state index contributed by atoms with van der Waals surface area (Å²) >= 11 is 0. The fraction of sp³-hybridized carbons (Fsp3) is 0.294. The summed E-state index contributed by atoms with van der Waals surface area (Å²) in [5.74, 6) is -3.67. The van der Waals surface area contributed by atoms with Crippen molar-refractivity contribution in [2.75, 3.05) is 6.54 Å². The largest absolute Gasteiger partial charge is 0.416 e. The Hall–Kier alpha value is -5.33. The smallest absolute Gasteiger partial charge is 0.344 e. The number of carbonyl (C=O) groups is 4. The summed E-state index contributed by atoms with van der Waals surface area (Å²) in [6, 6.07) is 19.7. The molecule has 1 saturated heterocycles. The minimum atomic E-state index is -4.53. The van der Waals surface area contributed by atoms with E-state index in [2.05, 4.69) is 20.8 Å². The van der Waals surface area contributed by atoms with Gasteiger partial charge in [0.05, 0.1) is 24.6 Å². The number of ketones is 1. The Balaban J connectivity index is 1.43. The molecule has 1 fully saturated rings. The minimum Gasteiger partial charge on any atom is -0.344 e. The summed E-state index contributed by atoms with van der Waals surface area (Å²) < 4.78 is 44.7. The molecule has 1 aromatic heterocycles. The van der Waals surface area contributed by atoms with Crippen molar-refractivity contribution in [3.05, 3.63) is 119 Å². The molecule has 0 bridgehead atoms. The molecule has 2 heterocycles. The third-order valence-corrected chi connectivity index (χ3v) is 7.88. The highest BCUT2D eigenvalue weighted by atomic mass is 19.4. The quantitative estimate of drug-likeness (QED) is 0.164. The summed E-state index contributed by atoms with van der Waals surface area (Å²) in [5, 5.41) is 8.96. The number of urea groups is 1. The summed E-state index contributed by atoms with van der Waals surface area (Å²) in [5.41, 5.74) is 0.976. The van der Waals surface area contributed by atoms with Gasteiger partial charge in [0.2, 0.25) is 23.4 Å². The molecule has 0 spiro atoms. The maximum absolute atomic E-state index is 14.2. The maximum Gasteiger partial charge on any atom is 0.416 e. The first kappa shape index (κ1) is 33.0. The van der Waals surface area contributed by atoms with Crippen LogP contribution in [0.25, 0.3) is 0 Å². The van der Waals surface area contributed by atoms with E-state index in [-0.39, 0.29) is 30.2 Å². The molecule has 1 aliphatic rings. The van der Waals surface area contributed by atoms with Crippen LogP contribution < -0.4 is 10.6 Å². The lowest BCUT2D eigenvalue weighted by Gasteiger charge is -2.33. The highest BCUT2D eigenvalue weighted by Crippen LogP contribution is 2.31. The van der Waals surface area contributed by atoms with Gasteiger partial charge in [-0.15, -0.1) is 0 Å². The van der Waals surface area contributed by atoms with Crippen molar-refractivity contribution >= 4 is 23.6 Å². The van der Waals surface area contributed by atoms with Crippen molar-refractivity contribution in [1.82, 2.24) is 25.7 Å². The molecule has 3 aromatic carbocycles. The van der Waals surface area contributed by atoms with Crippen LogP contribution in [0, 0.1) is 5.92 Å². The SMILES string of the molecule is CC(C)[C@H](NC(=O)[C@H]([C@@H](Cc1ccccc1)c1ccccc1)N1C(=O)CNC1=O)C(=O)c1noc(Cc2cccc(C(F)(F)F)c2)n1. The highest BCUT2D eigenvalue weighted by molar-refractivity contribution is 6.07. The van der Waals surface area contributed by atoms with E-state index in [0.717, 1.165) is 22.6 Å². The Labute approximate surface area is 268 Å². The van der Waals surface area contributed by atoms with Gasteiger partial charge in [-0.25, -0.2) is 9.69 Å². The number of amides is 4. The third kappa shape index (κ3) is 7.74. The van der Waals surface area contributed by atoms with E-state index in [1.807, 2.05) is 48.5 Å².